The Morgan fingerprint density at radius 1 is 1.22 bits per heavy atom. The molecule has 0 radical (unpaired) electrons. The van der Waals surface area contributed by atoms with Crippen LogP contribution in [-0.4, -0.2) is 60.9 Å². The fourth-order valence-corrected chi connectivity index (χ4v) is 2.50. The molecule has 10 heteroatoms. The van der Waals surface area contributed by atoms with Gasteiger partial charge in [0.2, 0.25) is 11.4 Å². The summed E-state index contributed by atoms with van der Waals surface area (Å²) in [4.78, 5) is 24.2. The van der Waals surface area contributed by atoms with E-state index in [1.807, 2.05) is 0 Å². The minimum absolute atomic E-state index is 0.184. The monoisotopic (exact) mass is 386 g/mol. The van der Waals surface area contributed by atoms with Gasteiger partial charge in [0.25, 0.3) is 10.3 Å². The number of halogens is 3. The van der Waals surface area contributed by atoms with Crippen LogP contribution in [0.2, 0.25) is 0 Å². The highest BCUT2D eigenvalue weighted by molar-refractivity contribution is 6.71. The molecule has 0 bridgehead atoms. The van der Waals surface area contributed by atoms with Crippen molar-refractivity contribution in [1.29, 1.82) is 0 Å². The van der Waals surface area contributed by atoms with Gasteiger partial charge in [-0.2, -0.15) is 0 Å². The van der Waals surface area contributed by atoms with Gasteiger partial charge in [0.15, 0.2) is 0 Å². The van der Waals surface area contributed by atoms with Gasteiger partial charge in [0, 0.05) is 5.56 Å². The second kappa shape index (κ2) is 7.87. The summed E-state index contributed by atoms with van der Waals surface area (Å²) in [5, 5.41) is 34.5. The number of aliphatic hydroxyl groups is 4. The van der Waals surface area contributed by atoms with Gasteiger partial charge < -0.3 is 20.4 Å². The number of aliphatic hydroxyl groups excluding tert-OH is 3. The largest absolute Gasteiger partial charge is 0.394 e. The van der Waals surface area contributed by atoms with E-state index < -0.39 is 40.5 Å². The lowest BCUT2D eigenvalue weighted by molar-refractivity contribution is -0.168. The number of ketones is 1. The molecule has 0 saturated heterocycles. The number of alkyl halides is 1. The minimum Gasteiger partial charge on any atom is -0.394 e. The molecular formula is C13H13Cl3O7. The zero-order valence-electron chi connectivity index (χ0n) is 11.4. The van der Waals surface area contributed by atoms with E-state index in [-0.39, 0.29) is 5.56 Å². The molecule has 23 heavy (non-hydrogen) atoms. The highest BCUT2D eigenvalue weighted by atomic mass is 35.5. The maximum atomic E-state index is 12.6. The average Bonchev–Trinajstić information content (AvgIpc) is 2.58. The smallest absolute Gasteiger partial charge is 0.274 e. The molecule has 7 nitrogen and oxygen atoms in total. The van der Waals surface area contributed by atoms with Crippen LogP contribution < -0.4 is 0 Å². The number of carbonyl (C=O) groups is 2. The van der Waals surface area contributed by atoms with Gasteiger partial charge in [0.1, 0.15) is 12.2 Å². The Balaban J connectivity index is 3.55. The Kier molecular flexibility index (Phi) is 6.94. The molecule has 4 atom stereocenters. The molecule has 1 aromatic rings. The van der Waals surface area contributed by atoms with Gasteiger partial charge >= 0.3 is 0 Å². The Bertz CT molecular complexity index is 570. The fraction of sp³-hybridized carbons (Fsp3) is 0.385. The van der Waals surface area contributed by atoms with Crippen molar-refractivity contribution in [3.8, 4) is 0 Å². The first-order valence-corrected chi connectivity index (χ1v) is 7.21. The van der Waals surface area contributed by atoms with Crippen molar-refractivity contribution in [2.45, 2.75) is 22.9 Å². The first-order chi connectivity index (χ1) is 10.7. The molecule has 0 aliphatic heterocycles. The molecular weight excluding hydrogens is 374 g/mol. The first kappa shape index (κ1) is 20.3. The Morgan fingerprint density at radius 3 is 2.13 bits per heavy atom. The van der Waals surface area contributed by atoms with Crippen LogP contribution in [0.1, 0.15) is 10.4 Å². The van der Waals surface area contributed by atoms with E-state index in [4.69, 9.17) is 40.2 Å². The van der Waals surface area contributed by atoms with Crippen molar-refractivity contribution < 1.29 is 34.3 Å². The topological polar surface area (TPSA) is 124 Å². The Morgan fingerprint density at radius 2 is 1.74 bits per heavy atom. The standard InChI is InChI=1S/C13H13Cl3O7/c14-11(21)13(15,23-16)12(22,10(20)8(18)6-17)9(19)7-4-2-1-3-5-7/h1-5,8,10,17-18,20,22H,6H2. The van der Waals surface area contributed by atoms with Crippen molar-refractivity contribution in [2.75, 3.05) is 6.61 Å². The average molecular weight is 388 g/mol. The molecule has 1 rings (SSSR count). The predicted octanol–water partition coefficient (Wildman–Crippen LogP) is 0.185. The molecule has 0 saturated carbocycles. The summed E-state index contributed by atoms with van der Waals surface area (Å²) in [6.07, 6.45) is -4.49. The third-order valence-electron chi connectivity index (χ3n) is 3.21. The lowest BCUT2D eigenvalue weighted by atomic mass is 9.80. The molecule has 0 aliphatic carbocycles. The summed E-state index contributed by atoms with van der Waals surface area (Å²) < 4.78 is 4.16. The quantitative estimate of drug-likeness (QED) is 0.285. The van der Waals surface area contributed by atoms with Gasteiger partial charge in [-0.25, -0.2) is 4.29 Å². The van der Waals surface area contributed by atoms with E-state index >= 15 is 0 Å². The Hall–Kier alpha value is -0.770. The summed E-state index contributed by atoms with van der Waals surface area (Å²) in [5.74, 6) is -1.30. The molecule has 0 aromatic heterocycles. The first-order valence-electron chi connectivity index (χ1n) is 6.14. The van der Waals surface area contributed by atoms with Crippen molar-refractivity contribution in [3.63, 3.8) is 0 Å². The SMILES string of the molecule is O=C(Cl)C(Cl)(OCl)C(O)(C(=O)c1ccccc1)C(O)C(O)CO. The van der Waals surface area contributed by atoms with Crippen molar-refractivity contribution in [1.82, 2.24) is 0 Å². The van der Waals surface area contributed by atoms with E-state index in [1.54, 1.807) is 6.07 Å². The highest BCUT2D eigenvalue weighted by Crippen LogP contribution is 2.40. The number of hydrogen-bond acceptors (Lipinski definition) is 7. The number of Topliss-reactive ketones (excluding diaryl/α,β-unsaturated/α-hetero) is 1. The van der Waals surface area contributed by atoms with Crippen LogP contribution in [0.25, 0.3) is 0 Å². The third kappa shape index (κ3) is 3.52. The van der Waals surface area contributed by atoms with Crippen LogP contribution in [0.5, 0.6) is 0 Å². The van der Waals surface area contributed by atoms with E-state index in [0.29, 0.717) is 0 Å². The van der Waals surface area contributed by atoms with Gasteiger partial charge in [0.05, 0.1) is 18.5 Å². The highest BCUT2D eigenvalue weighted by Gasteiger charge is 2.66. The van der Waals surface area contributed by atoms with E-state index in [1.165, 1.54) is 24.3 Å². The molecule has 0 aliphatic rings. The summed E-state index contributed by atoms with van der Waals surface area (Å²) in [7, 11) is 0. The van der Waals surface area contributed by atoms with Crippen LogP contribution in [-0.2, 0) is 9.08 Å². The molecule has 0 amide bonds. The summed E-state index contributed by atoms with van der Waals surface area (Å²) in [6, 6.07) is 6.92. The second-order valence-electron chi connectivity index (χ2n) is 4.60. The molecule has 4 unspecified atom stereocenters. The van der Waals surface area contributed by atoms with E-state index in [9.17, 15) is 24.9 Å². The van der Waals surface area contributed by atoms with Gasteiger partial charge in [-0.1, -0.05) is 41.9 Å². The number of rotatable bonds is 8. The number of benzene rings is 1. The summed E-state index contributed by atoms with van der Waals surface area (Å²) in [6.45, 7) is -1.06. The lowest BCUT2D eigenvalue weighted by Gasteiger charge is -2.41. The molecule has 0 fully saturated rings. The van der Waals surface area contributed by atoms with E-state index in [0.717, 1.165) is 0 Å². The summed E-state index contributed by atoms with van der Waals surface area (Å²) >= 11 is 16.1. The van der Waals surface area contributed by atoms with Crippen LogP contribution in [0, 0.1) is 0 Å². The zero-order chi connectivity index (χ0) is 17.8. The number of carbonyl (C=O) groups excluding carboxylic acids is 2. The molecule has 128 valence electrons. The zero-order valence-corrected chi connectivity index (χ0v) is 13.7. The van der Waals surface area contributed by atoms with Crippen LogP contribution in [0.3, 0.4) is 0 Å². The van der Waals surface area contributed by atoms with Crippen LogP contribution >= 0.6 is 35.1 Å². The van der Waals surface area contributed by atoms with Crippen molar-refractivity contribution >= 4 is 46.1 Å². The number of hydrogen-bond donors (Lipinski definition) is 4. The maximum Gasteiger partial charge on any atom is 0.274 e. The van der Waals surface area contributed by atoms with E-state index in [2.05, 4.69) is 4.29 Å². The molecule has 4 N–H and O–H groups in total. The second-order valence-corrected chi connectivity index (χ2v) is 5.63. The normalized spacial score (nSPS) is 19.3. The van der Waals surface area contributed by atoms with Crippen LogP contribution in [0.15, 0.2) is 30.3 Å². The fourth-order valence-electron chi connectivity index (χ4n) is 1.90. The Labute approximate surface area is 146 Å². The van der Waals surface area contributed by atoms with Crippen molar-refractivity contribution in [2.24, 2.45) is 0 Å². The maximum absolute atomic E-state index is 12.6. The molecule has 0 spiro atoms. The van der Waals surface area contributed by atoms with Crippen molar-refractivity contribution in [3.05, 3.63) is 35.9 Å². The third-order valence-corrected chi connectivity index (χ3v) is 4.42. The van der Waals surface area contributed by atoms with Gasteiger partial charge in [-0.3, -0.25) is 9.59 Å². The molecule has 0 heterocycles. The molecule has 1 aromatic carbocycles. The summed E-state index contributed by atoms with van der Waals surface area (Å²) in [5.41, 5.74) is -3.48. The van der Waals surface area contributed by atoms with Gasteiger partial charge in [-0.15, -0.1) is 0 Å². The van der Waals surface area contributed by atoms with Crippen LogP contribution in [0.4, 0.5) is 0 Å². The van der Waals surface area contributed by atoms with Gasteiger partial charge in [-0.05, 0) is 11.6 Å². The minimum atomic E-state index is -3.29. The lowest BCUT2D eigenvalue weighted by Crippen LogP contribution is -2.69. The predicted molar refractivity (Wildman–Crippen MR) is 81.2 cm³/mol.